The van der Waals surface area contributed by atoms with Crippen LogP contribution in [0.3, 0.4) is 0 Å². The van der Waals surface area contributed by atoms with Crippen LogP contribution in [0.2, 0.25) is 0 Å². The van der Waals surface area contributed by atoms with Gasteiger partial charge in [-0.05, 0) is 38.3 Å². The van der Waals surface area contributed by atoms with Crippen LogP contribution in [-0.4, -0.2) is 52.2 Å². The van der Waals surface area contributed by atoms with Crippen molar-refractivity contribution in [1.29, 1.82) is 0 Å². The average molecular weight is 406 g/mol. The molecule has 1 aliphatic rings. The fraction of sp³-hybridized carbons (Fsp3) is 0.450. The van der Waals surface area contributed by atoms with Crippen LogP contribution >= 0.6 is 12.4 Å². The van der Waals surface area contributed by atoms with Crippen LogP contribution in [0.25, 0.3) is 5.69 Å². The number of hydrogen-bond acceptors (Lipinski definition) is 4. The van der Waals surface area contributed by atoms with Gasteiger partial charge in [-0.3, -0.25) is 9.59 Å². The molecule has 7 nitrogen and oxygen atoms in total. The van der Waals surface area contributed by atoms with Crippen molar-refractivity contribution in [2.45, 2.75) is 38.6 Å². The summed E-state index contributed by atoms with van der Waals surface area (Å²) in [6, 6.07) is 9.78. The van der Waals surface area contributed by atoms with E-state index in [0.717, 1.165) is 30.6 Å². The Bertz CT molecular complexity index is 793. The van der Waals surface area contributed by atoms with E-state index in [4.69, 9.17) is 5.73 Å². The highest BCUT2D eigenvalue weighted by Crippen LogP contribution is 2.22. The SMILES string of the molecule is Cc1c(C(=O)N2CCCCC2CNC(=O)CCN)cnn1-c1ccccc1.Cl. The van der Waals surface area contributed by atoms with Crippen molar-refractivity contribution < 1.29 is 9.59 Å². The summed E-state index contributed by atoms with van der Waals surface area (Å²) in [6.07, 6.45) is 4.88. The number of carbonyl (C=O) groups is 2. The van der Waals surface area contributed by atoms with Crippen LogP contribution in [0.5, 0.6) is 0 Å². The van der Waals surface area contributed by atoms with Crippen LogP contribution in [0.15, 0.2) is 36.5 Å². The highest BCUT2D eigenvalue weighted by Gasteiger charge is 2.29. The van der Waals surface area contributed by atoms with Crippen molar-refractivity contribution in [3.05, 3.63) is 47.8 Å². The predicted octanol–water partition coefficient (Wildman–Crippen LogP) is 2.06. The van der Waals surface area contributed by atoms with Crippen molar-refractivity contribution in [2.75, 3.05) is 19.6 Å². The molecule has 0 bridgehead atoms. The molecule has 1 fully saturated rings. The molecule has 0 aliphatic carbocycles. The summed E-state index contributed by atoms with van der Waals surface area (Å²) in [5, 5.41) is 7.31. The highest BCUT2D eigenvalue weighted by molar-refractivity contribution is 5.95. The number of benzene rings is 1. The smallest absolute Gasteiger partial charge is 0.257 e. The van der Waals surface area contributed by atoms with E-state index in [1.165, 1.54) is 0 Å². The normalized spacial score (nSPS) is 16.4. The number of hydrogen-bond donors (Lipinski definition) is 2. The molecule has 3 rings (SSSR count). The third-order valence-electron chi connectivity index (χ3n) is 5.04. The zero-order chi connectivity index (χ0) is 19.2. The van der Waals surface area contributed by atoms with Crippen LogP contribution in [0.1, 0.15) is 41.7 Å². The largest absolute Gasteiger partial charge is 0.354 e. The zero-order valence-electron chi connectivity index (χ0n) is 16.1. The number of nitrogens with two attached hydrogens (primary N) is 1. The van der Waals surface area contributed by atoms with E-state index >= 15 is 0 Å². The lowest BCUT2D eigenvalue weighted by Gasteiger charge is -2.35. The molecular formula is C20H28ClN5O2. The molecule has 2 aromatic rings. The maximum atomic E-state index is 13.2. The molecule has 2 heterocycles. The summed E-state index contributed by atoms with van der Waals surface area (Å²) in [5.41, 5.74) is 7.78. The average Bonchev–Trinajstić information content (AvgIpc) is 3.08. The molecule has 152 valence electrons. The fourth-order valence-electron chi connectivity index (χ4n) is 3.54. The monoisotopic (exact) mass is 405 g/mol. The second-order valence-electron chi connectivity index (χ2n) is 6.88. The Labute approximate surface area is 171 Å². The van der Waals surface area contributed by atoms with Crippen molar-refractivity contribution >= 4 is 24.2 Å². The first-order valence-corrected chi connectivity index (χ1v) is 9.49. The second kappa shape index (κ2) is 10.2. The first-order chi connectivity index (χ1) is 13.1. The molecule has 8 heteroatoms. The molecule has 28 heavy (non-hydrogen) atoms. The number of piperidine rings is 1. The number of halogens is 1. The summed E-state index contributed by atoms with van der Waals surface area (Å²) >= 11 is 0. The number of carbonyl (C=O) groups excluding carboxylic acids is 2. The minimum absolute atomic E-state index is 0. The van der Waals surface area contributed by atoms with Gasteiger partial charge in [0, 0.05) is 32.1 Å². The molecule has 1 atom stereocenters. The number of nitrogens with zero attached hydrogens (tertiary/aromatic N) is 3. The van der Waals surface area contributed by atoms with Gasteiger partial charge in [0.1, 0.15) is 0 Å². The number of rotatable bonds is 6. The van der Waals surface area contributed by atoms with Gasteiger partial charge >= 0.3 is 0 Å². The fourth-order valence-corrected chi connectivity index (χ4v) is 3.54. The third kappa shape index (κ3) is 4.91. The predicted molar refractivity (Wildman–Crippen MR) is 111 cm³/mol. The molecule has 1 aromatic heterocycles. The lowest BCUT2D eigenvalue weighted by atomic mass is 10.0. The van der Waals surface area contributed by atoms with E-state index in [1.807, 2.05) is 42.2 Å². The van der Waals surface area contributed by atoms with Crippen molar-refractivity contribution in [2.24, 2.45) is 5.73 Å². The number of nitrogens with one attached hydrogen (secondary N) is 1. The van der Waals surface area contributed by atoms with E-state index in [-0.39, 0.29) is 30.3 Å². The Balaban J connectivity index is 0.00000280. The standard InChI is InChI=1S/C20H27N5O2.ClH/c1-15-18(14-23-25(15)16-7-3-2-4-8-16)20(27)24-12-6-5-9-17(24)13-22-19(26)10-11-21;/h2-4,7-8,14,17H,5-6,9-13,21H2,1H3,(H,22,26);1H. The maximum Gasteiger partial charge on any atom is 0.257 e. The van der Waals surface area contributed by atoms with Gasteiger partial charge in [-0.25, -0.2) is 4.68 Å². The lowest BCUT2D eigenvalue weighted by Crippen LogP contribution is -2.49. The van der Waals surface area contributed by atoms with Crippen molar-refractivity contribution in [3.8, 4) is 5.69 Å². The second-order valence-corrected chi connectivity index (χ2v) is 6.88. The van der Waals surface area contributed by atoms with E-state index in [2.05, 4.69) is 10.4 Å². The molecule has 0 saturated carbocycles. The summed E-state index contributed by atoms with van der Waals surface area (Å²) in [6.45, 7) is 3.41. The summed E-state index contributed by atoms with van der Waals surface area (Å²) in [5.74, 6) is -0.0870. The van der Waals surface area contributed by atoms with E-state index < -0.39 is 0 Å². The van der Waals surface area contributed by atoms with Crippen LogP contribution < -0.4 is 11.1 Å². The molecule has 1 aromatic carbocycles. The van der Waals surface area contributed by atoms with Gasteiger partial charge in [-0.2, -0.15) is 5.10 Å². The summed E-state index contributed by atoms with van der Waals surface area (Å²) in [7, 11) is 0. The first-order valence-electron chi connectivity index (χ1n) is 9.49. The molecule has 0 radical (unpaired) electrons. The summed E-state index contributed by atoms with van der Waals surface area (Å²) in [4.78, 5) is 26.8. The van der Waals surface area contributed by atoms with E-state index in [0.29, 0.717) is 31.6 Å². The minimum Gasteiger partial charge on any atom is -0.354 e. The molecule has 3 N–H and O–H groups in total. The van der Waals surface area contributed by atoms with Crippen LogP contribution in [0.4, 0.5) is 0 Å². The maximum absolute atomic E-state index is 13.2. The number of aromatic nitrogens is 2. The Morgan fingerprint density at radius 3 is 2.71 bits per heavy atom. The topological polar surface area (TPSA) is 93.2 Å². The van der Waals surface area contributed by atoms with Gasteiger partial charge in [-0.1, -0.05) is 18.2 Å². The van der Waals surface area contributed by atoms with E-state index in [1.54, 1.807) is 10.9 Å². The van der Waals surface area contributed by atoms with Crippen LogP contribution in [0, 0.1) is 6.92 Å². The van der Waals surface area contributed by atoms with Gasteiger partial charge in [0.2, 0.25) is 5.91 Å². The third-order valence-corrected chi connectivity index (χ3v) is 5.04. The number of amides is 2. The van der Waals surface area contributed by atoms with Gasteiger partial charge < -0.3 is 16.0 Å². The van der Waals surface area contributed by atoms with Crippen molar-refractivity contribution in [3.63, 3.8) is 0 Å². The lowest BCUT2D eigenvalue weighted by molar-refractivity contribution is -0.121. The zero-order valence-corrected chi connectivity index (χ0v) is 17.0. The van der Waals surface area contributed by atoms with Gasteiger partial charge in [-0.15, -0.1) is 12.4 Å². The Morgan fingerprint density at radius 2 is 2.00 bits per heavy atom. The molecule has 1 aliphatic heterocycles. The van der Waals surface area contributed by atoms with Gasteiger partial charge in [0.15, 0.2) is 0 Å². The van der Waals surface area contributed by atoms with E-state index in [9.17, 15) is 9.59 Å². The quantitative estimate of drug-likeness (QED) is 0.769. The van der Waals surface area contributed by atoms with Gasteiger partial charge in [0.25, 0.3) is 5.91 Å². The highest BCUT2D eigenvalue weighted by atomic mass is 35.5. The van der Waals surface area contributed by atoms with Gasteiger partial charge in [0.05, 0.1) is 23.1 Å². The molecular weight excluding hydrogens is 378 g/mol. The Hall–Kier alpha value is -2.38. The molecule has 2 amide bonds. The molecule has 1 unspecified atom stereocenters. The number of likely N-dealkylation sites (tertiary alicyclic amines) is 1. The Morgan fingerprint density at radius 1 is 1.25 bits per heavy atom. The minimum atomic E-state index is -0.0662. The first kappa shape index (κ1) is 21.9. The Kier molecular flexibility index (Phi) is 8.02. The number of para-hydroxylation sites is 1. The van der Waals surface area contributed by atoms with Crippen molar-refractivity contribution in [1.82, 2.24) is 20.0 Å². The molecule has 0 spiro atoms. The molecule has 1 saturated heterocycles. The van der Waals surface area contributed by atoms with Crippen LogP contribution in [-0.2, 0) is 4.79 Å². The summed E-state index contributed by atoms with van der Waals surface area (Å²) < 4.78 is 1.79.